The van der Waals surface area contributed by atoms with Crippen LogP contribution in [0.5, 0.6) is 11.5 Å². The molecule has 1 aromatic rings. The van der Waals surface area contributed by atoms with E-state index < -0.39 is 0 Å². The highest BCUT2D eigenvalue weighted by Gasteiger charge is 2.31. The Kier molecular flexibility index (Phi) is 6.54. The van der Waals surface area contributed by atoms with Crippen molar-refractivity contribution >= 4 is 23.2 Å². The maximum absolute atomic E-state index is 6.17. The van der Waals surface area contributed by atoms with Crippen molar-refractivity contribution in [3.8, 4) is 11.5 Å². The summed E-state index contributed by atoms with van der Waals surface area (Å²) in [6.45, 7) is 1.92. The first-order valence-electron chi connectivity index (χ1n) is 9.10. The van der Waals surface area contributed by atoms with E-state index in [1.165, 1.54) is 51.5 Å². The number of hydrogen-bond donors (Lipinski definition) is 0. The molecule has 3 nitrogen and oxygen atoms in total. The minimum Gasteiger partial charge on any atom is -0.491 e. The smallest absolute Gasteiger partial charge is 0.179 e. The van der Waals surface area contributed by atoms with Gasteiger partial charge in [0.05, 0.1) is 18.7 Å². The van der Waals surface area contributed by atoms with E-state index in [2.05, 4.69) is 4.90 Å². The lowest BCUT2D eigenvalue weighted by Gasteiger charge is -2.35. The van der Waals surface area contributed by atoms with E-state index in [-0.39, 0.29) is 0 Å². The van der Waals surface area contributed by atoms with Crippen LogP contribution in [-0.2, 0) is 0 Å². The predicted octanol–water partition coefficient (Wildman–Crippen LogP) is 5.57. The Hall–Kier alpha value is -0.640. The van der Waals surface area contributed by atoms with E-state index in [1.807, 2.05) is 0 Å². The molecule has 5 heteroatoms. The molecule has 1 unspecified atom stereocenters. The number of hydrogen-bond acceptors (Lipinski definition) is 3. The van der Waals surface area contributed by atoms with Gasteiger partial charge in [-0.05, 0) is 44.7 Å². The molecule has 2 aliphatic rings. The molecule has 1 aromatic carbocycles. The molecule has 1 saturated carbocycles. The SMILES string of the molecule is COc1c(Cl)cc(Cl)cc1OCCC1CCCN1C1CCCCC1. The summed E-state index contributed by atoms with van der Waals surface area (Å²) in [5, 5.41) is 1.06. The molecule has 134 valence electrons. The second kappa shape index (κ2) is 8.64. The summed E-state index contributed by atoms with van der Waals surface area (Å²) in [6.07, 6.45) is 10.6. The van der Waals surface area contributed by atoms with Gasteiger partial charge in [0.2, 0.25) is 0 Å². The molecule has 1 heterocycles. The fraction of sp³-hybridized carbons (Fsp3) is 0.684. The predicted molar refractivity (Wildman–Crippen MR) is 99.7 cm³/mol. The summed E-state index contributed by atoms with van der Waals surface area (Å²) in [5.41, 5.74) is 0. The van der Waals surface area contributed by atoms with Crippen molar-refractivity contribution < 1.29 is 9.47 Å². The zero-order valence-electron chi connectivity index (χ0n) is 14.4. The van der Waals surface area contributed by atoms with E-state index >= 15 is 0 Å². The average Bonchev–Trinajstić information content (AvgIpc) is 3.04. The molecular weight excluding hydrogens is 345 g/mol. The fourth-order valence-corrected chi connectivity index (χ4v) is 4.76. The average molecular weight is 372 g/mol. The maximum atomic E-state index is 6.17. The van der Waals surface area contributed by atoms with Gasteiger partial charge < -0.3 is 9.47 Å². The van der Waals surface area contributed by atoms with Crippen LogP contribution >= 0.6 is 23.2 Å². The zero-order valence-corrected chi connectivity index (χ0v) is 15.9. The Bertz CT molecular complexity index is 546. The molecule has 0 amide bonds. The number of ether oxygens (including phenoxy) is 2. The third kappa shape index (κ3) is 4.30. The van der Waals surface area contributed by atoms with Gasteiger partial charge in [-0.25, -0.2) is 0 Å². The maximum Gasteiger partial charge on any atom is 0.179 e. The lowest BCUT2D eigenvalue weighted by atomic mass is 9.93. The molecule has 0 aromatic heterocycles. The quantitative estimate of drug-likeness (QED) is 0.652. The van der Waals surface area contributed by atoms with Crippen molar-refractivity contribution in [1.29, 1.82) is 0 Å². The lowest BCUT2D eigenvalue weighted by Crippen LogP contribution is -2.40. The van der Waals surface area contributed by atoms with Gasteiger partial charge in [-0.2, -0.15) is 0 Å². The fourth-order valence-electron chi connectivity index (χ4n) is 4.21. The van der Waals surface area contributed by atoms with E-state index in [0.717, 1.165) is 12.5 Å². The number of halogens is 2. The molecular formula is C19H27Cl2NO2. The number of nitrogens with zero attached hydrogens (tertiary/aromatic N) is 1. The standard InChI is InChI=1S/C19H27Cl2NO2/c1-23-19-17(21)12-14(20)13-18(19)24-11-9-16-8-5-10-22(16)15-6-3-2-4-7-15/h12-13,15-16H,2-11H2,1H3. The van der Waals surface area contributed by atoms with Gasteiger partial charge in [0.25, 0.3) is 0 Å². The molecule has 1 saturated heterocycles. The molecule has 1 aliphatic carbocycles. The molecule has 0 N–H and O–H groups in total. The van der Waals surface area contributed by atoms with Crippen LogP contribution in [0.3, 0.4) is 0 Å². The van der Waals surface area contributed by atoms with E-state index in [1.54, 1.807) is 19.2 Å². The second-order valence-electron chi connectivity index (χ2n) is 6.88. The normalized spacial score (nSPS) is 22.7. The molecule has 0 bridgehead atoms. The summed E-state index contributed by atoms with van der Waals surface area (Å²) >= 11 is 12.2. The first-order chi connectivity index (χ1) is 11.7. The Morgan fingerprint density at radius 3 is 2.62 bits per heavy atom. The Balaban J connectivity index is 1.56. The Morgan fingerprint density at radius 1 is 1.08 bits per heavy atom. The number of likely N-dealkylation sites (tertiary alicyclic amines) is 1. The van der Waals surface area contributed by atoms with Crippen LogP contribution in [0.25, 0.3) is 0 Å². The van der Waals surface area contributed by atoms with Gasteiger partial charge in [-0.1, -0.05) is 42.5 Å². The van der Waals surface area contributed by atoms with Crippen molar-refractivity contribution in [3.63, 3.8) is 0 Å². The van der Waals surface area contributed by atoms with Crippen LogP contribution in [0, 0.1) is 0 Å². The van der Waals surface area contributed by atoms with Gasteiger partial charge in [0, 0.05) is 23.2 Å². The van der Waals surface area contributed by atoms with Crippen LogP contribution < -0.4 is 9.47 Å². The summed E-state index contributed by atoms with van der Waals surface area (Å²) in [4.78, 5) is 2.74. The molecule has 1 aliphatic heterocycles. The zero-order chi connectivity index (χ0) is 16.9. The summed E-state index contributed by atoms with van der Waals surface area (Å²) in [7, 11) is 1.60. The lowest BCUT2D eigenvalue weighted by molar-refractivity contribution is 0.124. The summed E-state index contributed by atoms with van der Waals surface area (Å²) in [5.74, 6) is 1.20. The molecule has 24 heavy (non-hydrogen) atoms. The van der Waals surface area contributed by atoms with Crippen molar-refractivity contribution in [2.24, 2.45) is 0 Å². The molecule has 2 fully saturated rings. The minimum absolute atomic E-state index is 0.490. The number of methoxy groups -OCH3 is 1. The third-order valence-electron chi connectivity index (χ3n) is 5.35. The van der Waals surface area contributed by atoms with Crippen LogP contribution in [0.2, 0.25) is 10.0 Å². The highest BCUT2D eigenvalue weighted by atomic mass is 35.5. The van der Waals surface area contributed by atoms with Crippen LogP contribution in [0.1, 0.15) is 51.4 Å². The largest absolute Gasteiger partial charge is 0.491 e. The van der Waals surface area contributed by atoms with Crippen molar-refractivity contribution in [2.75, 3.05) is 20.3 Å². The first kappa shape index (κ1) is 18.2. The highest BCUT2D eigenvalue weighted by molar-refractivity contribution is 6.35. The Morgan fingerprint density at radius 2 is 1.88 bits per heavy atom. The topological polar surface area (TPSA) is 21.7 Å². The second-order valence-corrected chi connectivity index (χ2v) is 7.73. The van der Waals surface area contributed by atoms with E-state index in [9.17, 15) is 0 Å². The summed E-state index contributed by atoms with van der Waals surface area (Å²) in [6, 6.07) is 4.89. The van der Waals surface area contributed by atoms with E-state index in [0.29, 0.717) is 34.2 Å². The van der Waals surface area contributed by atoms with Gasteiger partial charge in [-0.15, -0.1) is 0 Å². The van der Waals surface area contributed by atoms with Crippen LogP contribution in [0.15, 0.2) is 12.1 Å². The van der Waals surface area contributed by atoms with Gasteiger partial charge in [0.1, 0.15) is 0 Å². The van der Waals surface area contributed by atoms with Crippen molar-refractivity contribution in [3.05, 3.63) is 22.2 Å². The van der Waals surface area contributed by atoms with Crippen molar-refractivity contribution in [2.45, 2.75) is 63.5 Å². The molecule has 0 radical (unpaired) electrons. The van der Waals surface area contributed by atoms with Gasteiger partial charge in [0.15, 0.2) is 11.5 Å². The van der Waals surface area contributed by atoms with Gasteiger partial charge in [-0.3, -0.25) is 4.90 Å². The highest BCUT2D eigenvalue weighted by Crippen LogP contribution is 2.38. The molecule has 1 atom stereocenters. The Labute approximate surface area is 155 Å². The van der Waals surface area contributed by atoms with E-state index in [4.69, 9.17) is 32.7 Å². The molecule has 3 rings (SSSR count). The van der Waals surface area contributed by atoms with Crippen molar-refractivity contribution in [1.82, 2.24) is 4.90 Å². The number of benzene rings is 1. The summed E-state index contributed by atoms with van der Waals surface area (Å²) < 4.78 is 11.3. The minimum atomic E-state index is 0.490. The number of rotatable bonds is 6. The third-order valence-corrected chi connectivity index (χ3v) is 5.85. The molecule has 0 spiro atoms. The van der Waals surface area contributed by atoms with Crippen LogP contribution in [-0.4, -0.2) is 37.2 Å². The first-order valence-corrected chi connectivity index (χ1v) is 9.86. The van der Waals surface area contributed by atoms with Crippen LogP contribution in [0.4, 0.5) is 0 Å². The van der Waals surface area contributed by atoms with Gasteiger partial charge >= 0.3 is 0 Å². The monoisotopic (exact) mass is 371 g/mol.